The second kappa shape index (κ2) is 8.74. The van der Waals surface area contributed by atoms with Crippen molar-refractivity contribution in [2.45, 2.75) is 27.2 Å². The van der Waals surface area contributed by atoms with Gasteiger partial charge in [-0.05, 0) is 44.5 Å². The summed E-state index contributed by atoms with van der Waals surface area (Å²) < 4.78 is 7.98. The molecule has 1 amide bonds. The van der Waals surface area contributed by atoms with Crippen molar-refractivity contribution in [1.29, 1.82) is 0 Å². The van der Waals surface area contributed by atoms with Crippen LogP contribution in [0.4, 0.5) is 11.6 Å². The van der Waals surface area contributed by atoms with E-state index in [0.717, 1.165) is 34.6 Å². The van der Waals surface area contributed by atoms with Crippen LogP contribution in [0.15, 0.2) is 42.7 Å². The standard InChI is InChI=1S/C25H27N7O2/c1-15-7-21(22(12-26-15)34-14-18-9-25(33)31(4)13-18)19-5-6-32-20(10-19)11-24(30-32)29-23-8-16(2)27-17(3)28-23/h5-8,10-12,18H,9,13-14H2,1-4H3,(H,27,28,29,30)/t18-/m1/s1. The summed E-state index contributed by atoms with van der Waals surface area (Å²) in [6.07, 6.45) is 4.21. The maximum absolute atomic E-state index is 11.8. The third-order valence-electron chi connectivity index (χ3n) is 5.90. The maximum Gasteiger partial charge on any atom is 0.222 e. The van der Waals surface area contributed by atoms with Gasteiger partial charge in [0.2, 0.25) is 5.91 Å². The highest BCUT2D eigenvalue weighted by molar-refractivity contribution is 5.78. The minimum absolute atomic E-state index is 0.165. The van der Waals surface area contributed by atoms with E-state index in [0.29, 0.717) is 36.2 Å². The van der Waals surface area contributed by atoms with Gasteiger partial charge in [-0.1, -0.05) is 0 Å². The minimum atomic E-state index is 0.165. The van der Waals surface area contributed by atoms with Crippen LogP contribution in [-0.2, 0) is 4.79 Å². The summed E-state index contributed by atoms with van der Waals surface area (Å²) in [4.78, 5) is 26.8. The zero-order valence-electron chi connectivity index (χ0n) is 19.7. The molecule has 34 heavy (non-hydrogen) atoms. The molecule has 1 N–H and O–H groups in total. The van der Waals surface area contributed by atoms with Gasteiger partial charge in [-0.3, -0.25) is 9.78 Å². The van der Waals surface area contributed by atoms with Crippen LogP contribution in [0, 0.1) is 26.7 Å². The summed E-state index contributed by atoms with van der Waals surface area (Å²) in [6, 6.07) is 9.97. The Balaban J connectivity index is 1.40. The van der Waals surface area contributed by atoms with Gasteiger partial charge >= 0.3 is 0 Å². The molecule has 4 aromatic rings. The number of pyridine rings is 2. The Morgan fingerprint density at radius 3 is 2.71 bits per heavy atom. The highest BCUT2D eigenvalue weighted by Crippen LogP contribution is 2.32. The van der Waals surface area contributed by atoms with Crippen molar-refractivity contribution in [2.24, 2.45) is 5.92 Å². The Morgan fingerprint density at radius 1 is 1.09 bits per heavy atom. The summed E-state index contributed by atoms with van der Waals surface area (Å²) in [5.41, 5.74) is 4.71. The van der Waals surface area contributed by atoms with Crippen molar-refractivity contribution in [1.82, 2.24) is 29.5 Å². The fourth-order valence-corrected chi connectivity index (χ4v) is 4.30. The van der Waals surface area contributed by atoms with Gasteiger partial charge < -0.3 is 15.0 Å². The summed E-state index contributed by atoms with van der Waals surface area (Å²) in [5.74, 6) is 3.19. The van der Waals surface area contributed by atoms with Gasteiger partial charge in [0.05, 0.1) is 18.3 Å². The van der Waals surface area contributed by atoms with Gasteiger partial charge in [-0.2, -0.15) is 5.10 Å². The van der Waals surface area contributed by atoms with Gasteiger partial charge in [0.15, 0.2) is 5.82 Å². The Kier molecular flexibility index (Phi) is 5.61. The van der Waals surface area contributed by atoms with Gasteiger partial charge in [-0.15, -0.1) is 0 Å². The van der Waals surface area contributed by atoms with Crippen molar-refractivity contribution >= 4 is 23.1 Å². The highest BCUT2D eigenvalue weighted by Gasteiger charge is 2.27. The predicted octanol–water partition coefficient (Wildman–Crippen LogP) is 3.71. The molecule has 0 bridgehead atoms. The van der Waals surface area contributed by atoms with Crippen LogP contribution in [0.2, 0.25) is 0 Å². The Bertz CT molecular complexity index is 1360. The summed E-state index contributed by atoms with van der Waals surface area (Å²) in [5, 5.41) is 7.87. The van der Waals surface area contributed by atoms with Crippen molar-refractivity contribution in [3.63, 3.8) is 0 Å². The molecule has 174 valence electrons. The Hall–Kier alpha value is -4.01. The van der Waals surface area contributed by atoms with Crippen LogP contribution in [0.3, 0.4) is 0 Å². The lowest BCUT2D eigenvalue weighted by atomic mass is 10.1. The second-order valence-corrected chi connectivity index (χ2v) is 8.86. The number of carbonyl (C=O) groups excluding carboxylic acids is 1. The summed E-state index contributed by atoms with van der Waals surface area (Å²) in [6.45, 7) is 6.97. The minimum Gasteiger partial charge on any atom is -0.491 e. The first-order valence-corrected chi connectivity index (χ1v) is 11.3. The van der Waals surface area contributed by atoms with Crippen LogP contribution in [-0.4, -0.2) is 55.6 Å². The van der Waals surface area contributed by atoms with E-state index in [4.69, 9.17) is 4.74 Å². The fourth-order valence-electron chi connectivity index (χ4n) is 4.30. The molecule has 5 rings (SSSR count). The van der Waals surface area contributed by atoms with E-state index in [-0.39, 0.29) is 11.8 Å². The molecule has 1 fully saturated rings. The van der Waals surface area contributed by atoms with E-state index in [2.05, 4.69) is 31.4 Å². The molecule has 0 radical (unpaired) electrons. The lowest BCUT2D eigenvalue weighted by Crippen LogP contribution is -2.20. The molecule has 0 aromatic carbocycles. The zero-order valence-corrected chi connectivity index (χ0v) is 19.7. The molecule has 9 heteroatoms. The smallest absolute Gasteiger partial charge is 0.222 e. The Morgan fingerprint density at radius 2 is 1.94 bits per heavy atom. The number of aryl methyl sites for hydroxylation is 3. The highest BCUT2D eigenvalue weighted by atomic mass is 16.5. The molecule has 9 nitrogen and oxygen atoms in total. The number of amides is 1. The topological polar surface area (TPSA) is 97.5 Å². The van der Waals surface area contributed by atoms with Gasteiger partial charge in [0, 0.05) is 61.2 Å². The van der Waals surface area contributed by atoms with Gasteiger partial charge in [-0.25, -0.2) is 14.5 Å². The molecule has 0 unspecified atom stereocenters. The number of hydrogen-bond acceptors (Lipinski definition) is 7. The first kappa shape index (κ1) is 21.8. The average molecular weight is 458 g/mol. The Labute approximate surface area is 197 Å². The molecule has 4 aromatic heterocycles. The number of ether oxygens (including phenoxy) is 1. The molecule has 1 aliphatic heterocycles. The van der Waals surface area contributed by atoms with Crippen LogP contribution in [0.1, 0.15) is 23.6 Å². The van der Waals surface area contributed by atoms with E-state index >= 15 is 0 Å². The van der Waals surface area contributed by atoms with Crippen LogP contribution >= 0.6 is 0 Å². The number of hydrogen-bond donors (Lipinski definition) is 1. The van der Waals surface area contributed by atoms with Crippen LogP contribution < -0.4 is 10.1 Å². The monoisotopic (exact) mass is 457 g/mol. The quantitative estimate of drug-likeness (QED) is 0.471. The summed E-state index contributed by atoms with van der Waals surface area (Å²) >= 11 is 0. The van der Waals surface area contributed by atoms with Crippen molar-refractivity contribution in [2.75, 3.05) is 25.5 Å². The van der Waals surface area contributed by atoms with E-state index in [1.165, 1.54) is 0 Å². The molecule has 0 aliphatic carbocycles. The van der Waals surface area contributed by atoms with Gasteiger partial charge in [0.25, 0.3) is 0 Å². The second-order valence-electron chi connectivity index (χ2n) is 8.86. The van der Waals surface area contributed by atoms with Crippen LogP contribution in [0.25, 0.3) is 16.6 Å². The SMILES string of the molecule is Cc1cc(-c2ccn3nc(Nc4cc(C)nc(C)n4)cc3c2)c(OC[C@@H]2CC(=O)N(C)C2)cn1. The maximum atomic E-state index is 11.8. The number of fused-ring (bicyclic) bond motifs is 1. The van der Waals surface area contributed by atoms with Crippen molar-refractivity contribution in [3.05, 3.63) is 59.9 Å². The predicted molar refractivity (Wildman–Crippen MR) is 129 cm³/mol. The first-order chi connectivity index (χ1) is 16.3. The average Bonchev–Trinajstić information content (AvgIpc) is 3.33. The van der Waals surface area contributed by atoms with Crippen LogP contribution in [0.5, 0.6) is 5.75 Å². The fraction of sp³-hybridized carbons (Fsp3) is 0.320. The number of carbonyl (C=O) groups is 1. The lowest BCUT2D eigenvalue weighted by Gasteiger charge is -2.15. The molecule has 0 spiro atoms. The molecule has 5 heterocycles. The molecular formula is C25H27N7O2. The largest absolute Gasteiger partial charge is 0.491 e. The van der Waals surface area contributed by atoms with Gasteiger partial charge in [0.1, 0.15) is 17.4 Å². The van der Waals surface area contributed by atoms with E-state index in [1.807, 2.05) is 62.8 Å². The van der Waals surface area contributed by atoms with E-state index in [1.54, 1.807) is 11.1 Å². The van der Waals surface area contributed by atoms with Crippen molar-refractivity contribution in [3.8, 4) is 16.9 Å². The number of anilines is 2. The number of nitrogens with zero attached hydrogens (tertiary/aromatic N) is 6. The number of rotatable bonds is 6. The lowest BCUT2D eigenvalue weighted by molar-refractivity contribution is -0.126. The number of aromatic nitrogens is 5. The third-order valence-corrected chi connectivity index (χ3v) is 5.90. The molecule has 1 atom stereocenters. The van der Waals surface area contributed by atoms with E-state index in [9.17, 15) is 4.79 Å². The molecule has 1 saturated heterocycles. The summed E-state index contributed by atoms with van der Waals surface area (Å²) in [7, 11) is 1.83. The van der Waals surface area contributed by atoms with Crippen molar-refractivity contribution < 1.29 is 9.53 Å². The third kappa shape index (κ3) is 4.54. The zero-order chi connectivity index (χ0) is 23.8. The molecule has 0 saturated carbocycles. The normalized spacial score (nSPS) is 15.8. The molecular weight excluding hydrogens is 430 g/mol. The number of likely N-dealkylation sites (tertiary alicyclic amines) is 1. The van der Waals surface area contributed by atoms with E-state index < -0.39 is 0 Å². The molecule has 1 aliphatic rings. The number of nitrogens with one attached hydrogen (secondary N) is 1. The first-order valence-electron chi connectivity index (χ1n) is 11.3.